The van der Waals surface area contributed by atoms with Crippen molar-refractivity contribution in [2.24, 2.45) is 0 Å². The van der Waals surface area contributed by atoms with Gasteiger partial charge in [-0.2, -0.15) is 0 Å². The van der Waals surface area contributed by atoms with Crippen LogP contribution in [0.4, 0.5) is 11.4 Å². The summed E-state index contributed by atoms with van der Waals surface area (Å²) in [5, 5.41) is 23.6. The van der Waals surface area contributed by atoms with Crippen LogP contribution in [0.5, 0.6) is 0 Å². The fraction of sp³-hybridized carbons (Fsp3) is 0.533. The van der Waals surface area contributed by atoms with Gasteiger partial charge in [0.1, 0.15) is 0 Å². The minimum Gasteiger partial charge on any atom is -0.462 e. The normalized spacial score (nSPS) is 21.2. The Bertz CT molecular complexity index is 553. The number of nitrogens with zero attached hydrogens (tertiary/aromatic N) is 1. The summed E-state index contributed by atoms with van der Waals surface area (Å²) in [6.45, 7) is 1.89. The van der Waals surface area contributed by atoms with Crippen LogP contribution in [0.25, 0.3) is 0 Å². The molecule has 1 saturated carbocycles. The topological polar surface area (TPSA) is 102 Å². The van der Waals surface area contributed by atoms with E-state index in [9.17, 15) is 20.0 Å². The molecule has 1 aromatic carbocycles. The largest absolute Gasteiger partial charge is 0.462 e. The maximum Gasteiger partial charge on any atom is 0.340 e. The summed E-state index contributed by atoms with van der Waals surface area (Å²) in [4.78, 5) is 22.3. The number of hydrogen-bond donors (Lipinski definition) is 2. The van der Waals surface area contributed by atoms with Crippen molar-refractivity contribution in [3.8, 4) is 0 Å². The number of rotatable bonds is 5. The van der Waals surface area contributed by atoms with Crippen molar-refractivity contribution in [2.75, 3.05) is 11.9 Å². The number of nitrogens with one attached hydrogen (secondary N) is 1. The molecular weight excluding hydrogens is 288 g/mol. The van der Waals surface area contributed by atoms with Crippen LogP contribution in [0.1, 0.15) is 43.0 Å². The fourth-order valence-corrected chi connectivity index (χ4v) is 2.59. The van der Waals surface area contributed by atoms with E-state index in [0.29, 0.717) is 18.5 Å². The van der Waals surface area contributed by atoms with Crippen LogP contribution >= 0.6 is 0 Å². The van der Waals surface area contributed by atoms with Gasteiger partial charge in [-0.25, -0.2) is 4.79 Å². The molecule has 0 saturated heterocycles. The van der Waals surface area contributed by atoms with E-state index in [1.165, 1.54) is 18.2 Å². The van der Waals surface area contributed by atoms with Crippen molar-refractivity contribution in [1.82, 2.24) is 0 Å². The molecule has 1 aliphatic rings. The van der Waals surface area contributed by atoms with Crippen LogP contribution in [0.2, 0.25) is 0 Å². The SMILES string of the molecule is CCOC(=O)c1cc([N+](=O)[O-])ccc1NC1CCC(O)CC1. The van der Waals surface area contributed by atoms with E-state index in [-0.39, 0.29) is 30.0 Å². The molecule has 0 atom stereocenters. The van der Waals surface area contributed by atoms with Crippen LogP contribution in [0.3, 0.4) is 0 Å². The maximum atomic E-state index is 12.0. The number of carbonyl (C=O) groups excluding carboxylic acids is 1. The highest BCUT2D eigenvalue weighted by Gasteiger charge is 2.23. The van der Waals surface area contributed by atoms with Crippen molar-refractivity contribution >= 4 is 17.3 Å². The zero-order valence-electron chi connectivity index (χ0n) is 12.4. The number of nitro groups is 1. The summed E-state index contributed by atoms with van der Waals surface area (Å²) in [7, 11) is 0. The van der Waals surface area contributed by atoms with Crippen molar-refractivity contribution in [2.45, 2.75) is 44.8 Å². The molecule has 0 bridgehead atoms. The summed E-state index contributed by atoms with van der Waals surface area (Å²) in [6.07, 6.45) is 2.74. The number of non-ortho nitro benzene ring substituents is 1. The van der Waals surface area contributed by atoms with E-state index >= 15 is 0 Å². The lowest BCUT2D eigenvalue weighted by Gasteiger charge is -2.27. The Morgan fingerprint density at radius 2 is 2.09 bits per heavy atom. The molecule has 1 fully saturated rings. The second-order valence-corrected chi connectivity index (χ2v) is 5.36. The van der Waals surface area contributed by atoms with E-state index in [2.05, 4.69) is 5.32 Å². The van der Waals surface area contributed by atoms with E-state index in [0.717, 1.165) is 12.8 Å². The number of hydrogen-bond acceptors (Lipinski definition) is 6. The fourth-order valence-electron chi connectivity index (χ4n) is 2.59. The lowest BCUT2D eigenvalue weighted by molar-refractivity contribution is -0.384. The molecule has 22 heavy (non-hydrogen) atoms. The first-order chi connectivity index (χ1) is 10.5. The molecule has 0 radical (unpaired) electrons. The highest BCUT2D eigenvalue weighted by atomic mass is 16.6. The Morgan fingerprint density at radius 1 is 1.41 bits per heavy atom. The number of benzene rings is 1. The summed E-state index contributed by atoms with van der Waals surface area (Å²) >= 11 is 0. The maximum absolute atomic E-state index is 12.0. The number of aliphatic hydroxyl groups is 1. The van der Waals surface area contributed by atoms with Gasteiger partial charge in [-0.05, 0) is 38.7 Å². The Labute approximate surface area is 128 Å². The predicted molar refractivity (Wildman–Crippen MR) is 80.9 cm³/mol. The molecule has 0 spiro atoms. The molecule has 0 aromatic heterocycles. The minimum absolute atomic E-state index is 0.137. The van der Waals surface area contributed by atoms with Gasteiger partial charge in [-0.3, -0.25) is 10.1 Å². The molecule has 0 heterocycles. The highest BCUT2D eigenvalue weighted by Crippen LogP contribution is 2.27. The van der Waals surface area contributed by atoms with Crippen molar-refractivity contribution in [3.63, 3.8) is 0 Å². The molecular formula is C15H20N2O5. The quantitative estimate of drug-likeness (QED) is 0.492. The lowest BCUT2D eigenvalue weighted by atomic mass is 9.92. The van der Waals surface area contributed by atoms with Gasteiger partial charge in [-0.15, -0.1) is 0 Å². The predicted octanol–water partition coefficient (Wildman–Crippen LogP) is 2.49. The number of nitro benzene ring substituents is 1. The van der Waals surface area contributed by atoms with E-state index < -0.39 is 10.9 Å². The standard InChI is InChI=1S/C15H20N2O5/c1-2-22-15(19)13-9-11(17(20)21)5-8-14(13)16-10-3-6-12(18)7-4-10/h5,8-10,12,16,18H,2-4,6-7H2,1H3. The lowest BCUT2D eigenvalue weighted by Crippen LogP contribution is -2.29. The third kappa shape index (κ3) is 3.94. The van der Waals surface area contributed by atoms with Gasteiger partial charge in [0.2, 0.25) is 0 Å². The molecule has 1 aliphatic carbocycles. The van der Waals surface area contributed by atoms with E-state index in [1.807, 2.05) is 0 Å². The third-order valence-corrected chi connectivity index (χ3v) is 3.77. The van der Waals surface area contributed by atoms with Gasteiger partial charge in [0, 0.05) is 23.9 Å². The number of anilines is 1. The van der Waals surface area contributed by atoms with Crippen LogP contribution in [-0.2, 0) is 4.74 Å². The first kappa shape index (κ1) is 16.2. The van der Waals surface area contributed by atoms with Gasteiger partial charge >= 0.3 is 5.97 Å². The van der Waals surface area contributed by atoms with Gasteiger partial charge in [0.15, 0.2) is 0 Å². The zero-order valence-corrected chi connectivity index (χ0v) is 12.4. The van der Waals surface area contributed by atoms with Crippen LogP contribution in [0.15, 0.2) is 18.2 Å². The molecule has 0 amide bonds. The molecule has 120 valence electrons. The number of carbonyl (C=O) groups is 1. The second kappa shape index (κ2) is 7.22. The average molecular weight is 308 g/mol. The average Bonchev–Trinajstić information content (AvgIpc) is 2.50. The van der Waals surface area contributed by atoms with E-state index in [4.69, 9.17) is 4.74 Å². The minimum atomic E-state index is -0.579. The molecule has 0 unspecified atom stereocenters. The molecule has 7 nitrogen and oxygen atoms in total. The molecule has 7 heteroatoms. The van der Waals surface area contributed by atoms with Crippen LogP contribution in [0, 0.1) is 10.1 Å². The van der Waals surface area contributed by atoms with Gasteiger partial charge in [0.05, 0.1) is 23.2 Å². The third-order valence-electron chi connectivity index (χ3n) is 3.77. The van der Waals surface area contributed by atoms with Gasteiger partial charge in [0.25, 0.3) is 5.69 Å². The molecule has 0 aliphatic heterocycles. The Morgan fingerprint density at radius 3 is 2.68 bits per heavy atom. The molecule has 2 rings (SSSR count). The van der Waals surface area contributed by atoms with Gasteiger partial charge < -0.3 is 15.2 Å². The second-order valence-electron chi connectivity index (χ2n) is 5.36. The van der Waals surface area contributed by atoms with Crippen LogP contribution in [-0.4, -0.2) is 34.8 Å². The van der Waals surface area contributed by atoms with E-state index in [1.54, 1.807) is 6.92 Å². The number of aliphatic hydroxyl groups excluding tert-OH is 1. The monoisotopic (exact) mass is 308 g/mol. The van der Waals surface area contributed by atoms with Crippen molar-refractivity contribution in [3.05, 3.63) is 33.9 Å². The Kier molecular flexibility index (Phi) is 5.32. The molecule has 2 N–H and O–H groups in total. The Hall–Kier alpha value is -2.15. The van der Waals surface area contributed by atoms with Gasteiger partial charge in [-0.1, -0.05) is 0 Å². The van der Waals surface area contributed by atoms with Crippen molar-refractivity contribution < 1.29 is 19.6 Å². The number of esters is 1. The molecule has 1 aromatic rings. The zero-order chi connectivity index (χ0) is 16.1. The smallest absolute Gasteiger partial charge is 0.340 e. The first-order valence-electron chi connectivity index (χ1n) is 7.41. The highest BCUT2D eigenvalue weighted by molar-refractivity contribution is 5.96. The van der Waals surface area contributed by atoms with Crippen molar-refractivity contribution in [1.29, 1.82) is 0 Å². The number of ether oxygens (including phenoxy) is 1. The summed E-state index contributed by atoms with van der Waals surface area (Å²) in [6, 6.07) is 4.27. The Balaban J connectivity index is 2.21. The summed E-state index contributed by atoms with van der Waals surface area (Å²) in [5.74, 6) is -0.579. The first-order valence-corrected chi connectivity index (χ1v) is 7.41. The summed E-state index contributed by atoms with van der Waals surface area (Å²) < 4.78 is 4.97. The summed E-state index contributed by atoms with van der Waals surface area (Å²) in [5.41, 5.74) is 0.556. The van der Waals surface area contributed by atoms with Crippen LogP contribution < -0.4 is 5.32 Å².